The van der Waals surface area contributed by atoms with Gasteiger partial charge in [-0.1, -0.05) is 0 Å². The van der Waals surface area contributed by atoms with Gasteiger partial charge in [0, 0.05) is 25.7 Å². The summed E-state index contributed by atoms with van der Waals surface area (Å²) in [6, 6.07) is 5.56. The van der Waals surface area contributed by atoms with E-state index < -0.39 is 0 Å². The summed E-state index contributed by atoms with van der Waals surface area (Å²) in [7, 11) is 0. The van der Waals surface area contributed by atoms with Gasteiger partial charge in [0.15, 0.2) is 11.5 Å². The second-order valence-corrected chi connectivity index (χ2v) is 5.49. The molecule has 1 fully saturated rings. The molecule has 2 rings (SSSR count). The van der Waals surface area contributed by atoms with E-state index in [2.05, 4.69) is 26.9 Å². The van der Waals surface area contributed by atoms with Crippen LogP contribution in [0, 0.1) is 11.3 Å². The van der Waals surface area contributed by atoms with Gasteiger partial charge in [-0.05, 0) is 28.9 Å². The van der Waals surface area contributed by atoms with Crippen molar-refractivity contribution in [1.82, 2.24) is 4.90 Å². The first-order valence-electron chi connectivity index (χ1n) is 7.04. The molecule has 5 nitrogen and oxygen atoms in total. The van der Waals surface area contributed by atoms with Crippen molar-refractivity contribution in [1.29, 1.82) is 5.26 Å². The van der Waals surface area contributed by atoms with Crippen molar-refractivity contribution in [2.75, 3.05) is 46.1 Å². The number of morpholine rings is 1. The average Bonchev–Trinajstić information content (AvgIpc) is 2.51. The molecule has 1 saturated heterocycles. The molecule has 21 heavy (non-hydrogen) atoms. The van der Waals surface area contributed by atoms with Gasteiger partial charge < -0.3 is 14.2 Å². The molecule has 114 valence electrons. The van der Waals surface area contributed by atoms with E-state index in [1.807, 2.05) is 6.92 Å². The highest BCUT2D eigenvalue weighted by atomic mass is 79.9. The molecule has 6 heteroatoms. The molecule has 0 saturated carbocycles. The van der Waals surface area contributed by atoms with Crippen LogP contribution in [-0.2, 0) is 4.74 Å². The topological polar surface area (TPSA) is 54.7 Å². The third-order valence-corrected chi connectivity index (χ3v) is 3.79. The molecule has 1 aromatic carbocycles. The second-order valence-electron chi connectivity index (χ2n) is 4.63. The molecular weight excluding hydrogens is 336 g/mol. The fraction of sp³-hybridized carbons (Fsp3) is 0.533. The van der Waals surface area contributed by atoms with Crippen LogP contribution in [0.15, 0.2) is 16.6 Å². The van der Waals surface area contributed by atoms with Gasteiger partial charge in [0.05, 0.1) is 35.9 Å². The number of hydrogen-bond acceptors (Lipinski definition) is 5. The summed E-state index contributed by atoms with van der Waals surface area (Å²) in [5, 5.41) is 9.01. The predicted molar refractivity (Wildman–Crippen MR) is 82.8 cm³/mol. The highest BCUT2D eigenvalue weighted by Crippen LogP contribution is 2.36. The monoisotopic (exact) mass is 354 g/mol. The van der Waals surface area contributed by atoms with Crippen molar-refractivity contribution < 1.29 is 14.2 Å². The van der Waals surface area contributed by atoms with E-state index in [9.17, 15) is 0 Å². The molecule has 0 spiro atoms. The summed E-state index contributed by atoms with van der Waals surface area (Å²) in [4.78, 5) is 2.31. The Labute approximate surface area is 133 Å². The maximum absolute atomic E-state index is 9.01. The van der Waals surface area contributed by atoms with Crippen LogP contribution in [-0.4, -0.2) is 51.0 Å². The Morgan fingerprint density at radius 2 is 2.10 bits per heavy atom. The van der Waals surface area contributed by atoms with Crippen molar-refractivity contribution in [3.05, 3.63) is 22.2 Å². The summed E-state index contributed by atoms with van der Waals surface area (Å²) in [6.45, 7) is 7.31. The second kappa shape index (κ2) is 8.23. The number of nitriles is 1. The Bertz CT molecular complexity index is 510. The SMILES string of the molecule is CCOc1cc(C#N)cc(Br)c1OCCN1CCOCC1. The molecule has 0 bridgehead atoms. The van der Waals surface area contributed by atoms with Crippen molar-refractivity contribution in [3.63, 3.8) is 0 Å². The number of ether oxygens (including phenoxy) is 3. The Balaban J connectivity index is 1.99. The standard InChI is InChI=1S/C15H19BrN2O3/c1-2-20-14-10-12(11-17)9-13(16)15(14)21-8-5-18-3-6-19-7-4-18/h9-10H,2-8H2,1H3. The number of benzene rings is 1. The van der Waals surface area contributed by atoms with Crippen LogP contribution in [0.4, 0.5) is 0 Å². The van der Waals surface area contributed by atoms with E-state index in [-0.39, 0.29) is 0 Å². The van der Waals surface area contributed by atoms with Crippen molar-refractivity contribution in [2.45, 2.75) is 6.92 Å². The zero-order valence-electron chi connectivity index (χ0n) is 12.1. The predicted octanol–water partition coefficient (Wildman–Crippen LogP) is 2.43. The Kier molecular flexibility index (Phi) is 6.30. The van der Waals surface area contributed by atoms with Gasteiger partial charge in [-0.2, -0.15) is 5.26 Å². The molecule has 0 amide bonds. The van der Waals surface area contributed by atoms with Gasteiger partial charge >= 0.3 is 0 Å². The van der Waals surface area contributed by atoms with Crippen molar-refractivity contribution in [2.24, 2.45) is 0 Å². The van der Waals surface area contributed by atoms with Crippen LogP contribution >= 0.6 is 15.9 Å². The zero-order chi connectivity index (χ0) is 15.1. The molecule has 0 unspecified atom stereocenters. The number of rotatable bonds is 6. The number of halogens is 1. The normalized spacial score (nSPS) is 15.5. The fourth-order valence-electron chi connectivity index (χ4n) is 2.14. The highest BCUT2D eigenvalue weighted by molar-refractivity contribution is 9.10. The van der Waals surface area contributed by atoms with Gasteiger partial charge in [-0.15, -0.1) is 0 Å². The van der Waals surface area contributed by atoms with Gasteiger partial charge in [0.2, 0.25) is 0 Å². The first kappa shape index (κ1) is 16.1. The highest BCUT2D eigenvalue weighted by Gasteiger charge is 2.14. The van der Waals surface area contributed by atoms with Crippen LogP contribution in [0.5, 0.6) is 11.5 Å². The smallest absolute Gasteiger partial charge is 0.175 e. The van der Waals surface area contributed by atoms with Crippen molar-refractivity contribution >= 4 is 15.9 Å². The zero-order valence-corrected chi connectivity index (χ0v) is 13.7. The summed E-state index contributed by atoms with van der Waals surface area (Å²) in [6.07, 6.45) is 0. The maximum Gasteiger partial charge on any atom is 0.175 e. The number of nitrogens with zero attached hydrogens (tertiary/aromatic N) is 2. The van der Waals surface area contributed by atoms with Crippen LogP contribution < -0.4 is 9.47 Å². The van der Waals surface area contributed by atoms with Gasteiger partial charge in [-0.25, -0.2) is 0 Å². The largest absolute Gasteiger partial charge is 0.490 e. The lowest BCUT2D eigenvalue weighted by atomic mass is 10.2. The van der Waals surface area contributed by atoms with E-state index >= 15 is 0 Å². The molecule has 0 aromatic heterocycles. The maximum atomic E-state index is 9.01. The lowest BCUT2D eigenvalue weighted by Crippen LogP contribution is -2.38. The van der Waals surface area contributed by atoms with Gasteiger partial charge in [0.1, 0.15) is 6.61 Å². The summed E-state index contributed by atoms with van der Waals surface area (Å²) >= 11 is 3.45. The molecule has 1 aromatic rings. The molecule has 1 aliphatic rings. The lowest BCUT2D eigenvalue weighted by Gasteiger charge is -2.26. The van der Waals surface area contributed by atoms with E-state index in [0.717, 1.165) is 37.3 Å². The fourth-order valence-corrected chi connectivity index (χ4v) is 2.69. The minimum absolute atomic E-state index is 0.529. The van der Waals surface area contributed by atoms with Crippen LogP contribution in [0.1, 0.15) is 12.5 Å². The Hall–Kier alpha value is -1.29. The average molecular weight is 355 g/mol. The Morgan fingerprint density at radius 1 is 1.33 bits per heavy atom. The van der Waals surface area contributed by atoms with E-state index in [1.54, 1.807) is 12.1 Å². The molecule has 0 N–H and O–H groups in total. The summed E-state index contributed by atoms with van der Waals surface area (Å²) in [5.74, 6) is 1.26. The van der Waals surface area contributed by atoms with E-state index in [4.69, 9.17) is 19.5 Å². The molecule has 0 atom stereocenters. The minimum atomic E-state index is 0.529. The van der Waals surface area contributed by atoms with Crippen LogP contribution in [0.25, 0.3) is 0 Å². The minimum Gasteiger partial charge on any atom is -0.490 e. The van der Waals surface area contributed by atoms with Crippen molar-refractivity contribution in [3.8, 4) is 17.6 Å². The molecule has 0 aliphatic carbocycles. The molecule has 1 heterocycles. The first-order valence-corrected chi connectivity index (χ1v) is 7.83. The quantitative estimate of drug-likeness (QED) is 0.785. The van der Waals surface area contributed by atoms with Gasteiger partial charge in [0.25, 0.3) is 0 Å². The molecule has 1 aliphatic heterocycles. The van der Waals surface area contributed by atoms with E-state index in [1.165, 1.54) is 0 Å². The van der Waals surface area contributed by atoms with Crippen LogP contribution in [0.2, 0.25) is 0 Å². The summed E-state index contributed by atoms with van der Waals surface area (Å²) in [5.41, 5.74) is 0.547. The third kappa shape index (κ3) is 4.60. The first-order chi connectivity index (χ1) is 10.2. The molecule has 0 radical (unpaired) electrons. The van der Waals surface area contributed by atoms with E-state index in [0.29, 0.717) is 30.3 Å². The summed E-state index contributed by atoms with van der Waals surface area (Å²) < 4.78 is 17.5. The molecular formula is C15H19BrN2O3. The van der Waals surface area contributed by atoms with Crippen LogP contribution in [0.3, 0.4) is 0 Å². The Morgan fingerprint density at radius 3 is 2.76 bits per heavy atom. The van der Waals surface area contributed by atoms with Gasteiger partial charge in [-0.3, -0.25) is 4.90 Å². The number of hydrogen-bond donors (Lipinski definition) is 0. The lowest BCUT2D eigenvalue weighted by molar-refractivity contribution is 0.0320. The third-order valence-electron chi connectivity index (χ3n) is 3.20.